The maximum Gasteiger partial charge on any atom is 0.255 e. The molecule has 1 aromatic heterocycles. The van der Waals surface area contributed by atoms with E-state index < -0.39 is 0 Å². The molecule has 0 saturated heterocycles. The van der Waals surface area contributed by atoms with E-state index in [0.717, 1.165) is 0 Å². The zero-order valence-electron chi connectivity index (χ0n) is 9.44. The minimum atomic E-state index is -0.0908. The lowest BCUT2D eigenvalue weighted by Crippen LogP contribution is -2.33. The number of pyridine rings is 1. The van der Waals surface area contributed by atoms with Gasteiger partial charge in [0.25, 0.3) is 5.91 Å². The summed E-state index contributed by atoms with van der Waals surface area (Å²) in [5, 5.41) is 0.378. The number of nitrogens with zero attached hydrogens (tertiary/aromatic N) is 2. The second-order valence-electron chi connectivity index (χ2n) is 3.23. The average molecular weight is 243 g/mol. The number of halogens is 1. The number of hydrogen-bond acceptors (Lipinski definition) is 3. The second-order valence-corrected chi connectivity index (χ2v) is 3.64. The van der Waals surface area contributed by atoms with Crippen LogP contribution in [0.4, 0.5) is 0 Å². The molecule has 16 heavy (non-hydrogen) atoms. The van der Waals surface area contributed by atoms with Crippen molar-refractivity contribution < 1.29 is 9.53 Å². The van der Waals surface area contributed by atoms with Crippen LogP contribution in [-0.2, 0) is 4.74 Å². The van der Waals surface area contributed by atoms with E-state index in [2.05, 4.69) is 4.98 Å². The molecular weight excluding hydrogens is 228 g/mol. The minimum Gasteiger partial charge on any atom is -0.383 e. The number of methoxy groups -OCH3 is 1. The molecule has 0 N–H and O–H groups in total. The fourth-order valence-corrected chi connectivity index (χ4v) is 1.52. The van der Waals surface area contributed by atoms with Gasteiger partial charge in [0, 0.05) is 32.6 Å². The van der Waals surface area contributed by atoms with E-state index >= 15 is 0 Å². The van der Waals surface area contributed by atoms with Gasteiger partial charge in [0.15, 0.2) is 0 Å². The predicted molar refractivity (Wildman–Crippen MR) is 62.7 cm³/mol. The highest BCUT2D eigenvalue weighted by atomic mass is 35.5. The molecular formula is C11H15ClN2O2. The molecule has 88 valence electrons. The fourth-order valence-electron chi connectivity index (χ4n) is 1.32. The summed E-state index contributed by atoms with van der Waals surface area (Å²) in [5.74, 6) is -0.0908. The van der Waals surface area contributed by atoms with Gasteiger partial charge in [-0.2, -0.15) is 0 Å². The van der Waals surface area contributed by atoms with Crippen LogP contribution in [0.3, 0.4) is 0 Å². The van der Waals surface area contributed by atoms with Crippen molar-refractivity contribution in [2.75, 3.05) is 26.8 Å². The number of aromatic nitrogens is 1. The number of hydrogen-bond donors (Lipinski definition) is 0. The Bertz CT molecular complexity index is 358. The van der Waals surface area contributed by atoms with Crippen LogP contribution in [0.15, 0.2) is 18.5 Å². The molecule has 0 fully saturated rings. The summed E-state index contributed by atoms with van der Waals surface area (Å²) < 4.78 is 4.95. The third kappa shape index (κ3) is 3.18. The Kier molecular flexibility index (Phi) is 5.22. The van der Waals surface area contributed by atoms with E-state index in [4.69, 9.17) is 16.3 Å². The number of likely N-dealkylation sites (N-methyl/N-ethyl adjacent to an activating group) is 1. The van der Waals surface area contributed by atoms with Crippen molar-refractivity contribution in [1.82, 2.24) is 9.88 Å². The van der Waals surface area contributed by atoms with Crippen molar-refractivity contribution in [3.8, 4) is 0 Å². The van der Waals surface area contributed by atoms with Gasteiger partial charge in [0.05, 0.1) is 17.2 Å². The van der Waals surface area contributed by atoms with Crippen molar-refractivity contribution in [2.45, 2.75) is 6.92 Å². The van der Waals surface area contributed by atoms with Crippen LogP contribution < -0.4 is 0 Å². The van der Waals surface area contributed by atoms with E-state index in [-0.39, 0.29) is 5.91 Å². The molecule has 0 bridgehead atoms. The van der Waals surface area contributed by atoms with Crippen LogP contribution in [0.2, 0.25) is 5.02 Å². The summed E-state index contributed by atoms with van der Waals surface area (Å²) in [6.45, 7) is 3.62. The molecule has 0 atom stereocenters. The highest BCUT2D eigenvalue weighted by Gasteiger charge is 2.16. The number of amides is 1. The van der Waals surface area contributed by atoms with Crippen molar-refractivity contribution in [3.05, 3.63) is 29.0 Å². The molecule has 0 aliphatic rings. The van der Waals surface area contributed by atoms with Crippen LogP contribution in [0.1, 0.15) is 17.3 Å². The lowest BCUT2D eigenvalue weighted by atomic mass is 10.2. The first-order chi connectivity index (χ1) is 7.70. The quantitative estimate of drug-likeness (QED) is 0.791. The second kappa shape index (κ2) is 6.45. The third-order valence-corrected chi connectivity index (χ3v) is 2.54. The molecule has 0 radical (unpaired) electrons. The summed E-state index contributed by atoms with van der Waals surface area (Å²) in [5.41, 5.74) is 0.481. The molecule has 0 aromatic carbocycles. The van der Waals surface area contributed by atoms with Gasteiger partial charge in [-0.25, -0.2) is 0 Å². The number of carbonyl (C=O) groups excluding carboxylic acids is 1. The minimum absolute atomic E-state index is 0.0908. The van der Waals surface area contributed by atoms with Gasteiger partial charge < -0.3 is 9.64 Å². The number of ether oxygens (including phenoxy) is 1. The molecule has 1 rings (SSSR count). The van der Waals surface area contributed by atoms with Gasteiger partial charge >= 0.3 is 0 Å². The van der Waals surface area contributed by atoms with Crippen LogP contribution >= 0.6 is 11.6 Å². The molecule has 0 aliphatic heterocycles. The third-order valence-electron chi connectivity index (χ3n) is 2.24. The molecule has 0 spiro atoms. The van der Waals surface area contributed by atoms with Crippen LogP contribution in [-0.4, -0.2) is 42.6 Å². The topological polar surface area (TPSA) is 42.4 Å². The monoisotopic (exact) mass is 242 g/mol. The highest BCUT2D eigenvalue weighted by molar-refractivity contribution is 6.33. The molecule has 0 unspecified atom stereocenters. The molecule has 4 nitrogen and oxygen atoms in total. The predicted octanol–water partition coefficient (Wildman–Crippen LogP) is 1.84. The Morgan fingerprint density at radius 2 is 2.38 bits per heavy atom. The molecule has 1 aromatic rings. The normalized spacial score (nSPS) is 10.2. The van der Waals surface area contributed by atoms with Crippen LogP contribution in [0, 0.1) is 0 Å². The summed E-state index contributed by atoms with van der Waals surface area (Å²) in [4.78, 5) is 17.6. The van der Waals surface area contributed by atoms with Gasteiger partial charge in [0.2, 0.25) is 0 Å². The molecule has 5 heteroatoms. The lowest BCUT2D eigenvalue weighted by Gasteiger charge is -2.20. The largest absolute Gasteiger partial charge is 0.383 e. The summed E-state index contributed by atoms with van der Waals surface area (Å²) >= 11 is 5.91. The van der Waals surface area contributed by atoms with Crippen molar-refractivity contribution in [3.63, 3.8) is 0 Å². The van der Waals surface area contributed by atoms with Gasteiger partial charge in [-0.05, 0) is 13.0 Å². The van der Waals surface area contributed by atoms with Crippen molar-refractivity contribution >= 4 is 17.5 Å². The van der Waals surface area contributed by atoms with E-state index in [1.807, 2.05) is 6.92 Å². The van der Waals surface area contributed by atoms with Crippen LogP contribution in [0.25, 0.3) is 0 Å². The molecule has 0 saturated carbocycles. The summed E-state index contributed by atoms with van der Waals surface area (Å²) in [7, 11) is 1.61. The zero-order valence-corrected chi connectivity index (χ0v) is 10.2. The first-order valence-electron chi connectivity index (χ1n) is 5.08. The van der Waals surface area contributed by atoms with Gasteiger partial charge in [-0.1, -0.05) is 11.6 Å². The SMILES string of the molecule is CCN(CCOC)C(=O)c1ccncc1Cl. The molecule has 0 aliphatic carbocycles. The van der Waals surface area contributed by atoms with E-state index in [0.29, 0.717) is 30.3 Å². The smallest absolute Gasteiger partial charge is 0.255 e. The zero-order chi connectivity index (χ0) is 12.0. The summed E-state index contributed by atoms with van der Waals surface area (Å²) in [6, 6.07) is 1.63. The van der Waals surface area contributed by atoms with Crippen LogP contribution in [0.5, 0.6) is 0 Å². The Balaban J connectivity index is 2.79. The van der Waals surface area contributed by atoms with E-state index in [9.17, 15) is 4.79 Å². The first-order valence-corrected chi connectivity index (χ1v) is 5.46. The fraction of sp³-hybridized carbons (Fsp3) is 0.455. The van der Waals surface area contributed by atoms with Crippen molar-refractivity contribution in [1.29, 1.82) is 0 Å². The Morgan fingerprint density at radius 1 is 1.62 bits per heavy atom. The van der Waals surface area contributed by atoms with Gasteiger partial charge in [0.1, 0.15) is 0 Å². The Hall–Kier alpha value is -1.13. The summed E-state index contributed by atoms with van der Waals surface area (Å²) in [6.07, 6.45) is 3.03. The van der Waals surface area contributed by atoms with E-state index in [1.54, 1.807) is 24.3 Å². The highest BCUT2D eigenvalue weighted by Crippen LogP contribution is 2.15. The Labute approximate surface area is 100 Å². The molecule has 1 amide bonds. The van der Waals surface area contributed by atoms with Crippen molar-refractivity contribution in [2.24, 2.45) is 0 Å². The number of rotatable bonds is 5. The maximum atomic E-state index is 12.1. The van der Waals surface area contributed by atoms with E-state index in [1.165, 1.54) is 6.20 Å². The Morgan fingerprint density at radius 3 is 2.94 bits per heavy atom. The first kappa shape index (κ1) is 12.9. The standard InChI is InChI=1S/C11H15ClN2O2/c1-3-14(6-7-16-2)11(15)9-4-5-13-8-10(9)12/h4-5,8H,3,6-7H2,1-2H3. The van der Waals surface area contributed by atoms with Gasteiger partial charge in [-0.3, -0.25) is 9.78 Å². The average Bonchev–Trinajstić information content (AvgIpc) is 2.30. The van der Waals surface area contributed by atoms with Gasteiger partial charge in [-0.15, -0.1) is 0 Å². The molecule has 1 heterocycles. The maximum absolute atomic E-state index is 12.1. The lowest BCUT2D eigenvalue weighted by molar-refractivity contribution is 0.0706. The number of carbonyl (C=O) groups is 1.